The Bertz CT molecular complexity index is 1070. The largest absolute Gasteiger partial charge is 0.488 e. The molecule has 1 aromatic heterocycles. The Morgan fingerprint density at radius 2 is 2.03 bits per heavy atom. The standard InChI is InChI=1S/C22H24FN5O2/c1-28(2)21(29)17-7-6-15(12-18(17)23)26-22-25-13-14-4-3-5-19(20(14)27-22)30-16-8-10-24-11-9-16/h3-7,12-13,16,24H,8-11H2,1-2H3,(H,25,26,27). The summed E-state index contributed by atoms with van der Waals surface area (Å²) in [5.41, 5.74) is 1.18. The van der Waals surface area contributed by atoms with Crippen LogP contribution in [-0.4, -0.2) is 54.1 Å². The Hall–Kier alpha value is -3.26. The minimum atomic E-state index is -0.602. The number of anilines is 2. The van der Waals surface area contributed by atoms with Crippen molar-refractivity contribution in [3.05, 3.63) is 54.0 Å². The van der Waals surface area contributed by atoms with Gasteiger partial charge in [0, 0.05) is 31.4 Å². The molecule has 156 valence electrons. The zero-order chi connectivity index (χ0) is 21.1. The third-order valence-corrected chi connectivity index (χ3v) is 5.02. The molecule has 2 aromatic carbocycles. The predicted octanol–water partition coefficient (Wildman–Crippen LogP) is 3.35. The Kier molecular flexibility index (Phi) is 5.76. The lowest BCUT2D eigenvalue weighted by molar-refractivity contribution is 0.0823. The molecule has 0 saturated carbocycles. The maximum absolute atomic E-state index is 14.4. The van der Waals surface area contributed by atoms with Gasteiger partial charge in [-0.15, -0.1) is 0 Å². The van der Waals surface area contributed by atoms with E-state index >= 15 is 0 Å². The maximum Gasteiger partial charge on any atom is 0.256 e. The highest BCUT2D eigenvalue weighted by Crippen LogP contribution is 2.27. The summed E-state index contributed by atoms with van der Waals surface area (Å²) >= 11 is 0. The van der Waals surface area contributed by atoms with Crippen LogP contribution in [0.5, 0.6) is 5.75 Å². The molecule has 1 fully saturated rings. The van der Waals surface area contributed by atoms with Crippen molar-refractivity contribution in [3.8, 4) is 5.75 Å². The second-order valence-corrected chi connectivity index (χ2v) is 7.47. The van der Waals surface area contributed by atoms with Crippen LogP contribution >= 0.6 is 0 Å². The van der Waals surface area contributed by atoms with E-state index in [1.165, 1.54) is 17.0 Å². The summed E-state index contributed by atoms with van der Waals surface area (Å²) in [4.78, 5) is 22.3. The number of benzene rings is 2. The van der Waals surface area contributed by atoms with E-state index in [0.717, 1.165) is 31.3 Å². The summed E-state index contributed by atoms with van der Waals surface area (Å²) in [6.45, 7) is 1.88. The van der Waals surface area contributed by atoms with Crippen LogP contribution in [0.3, 0.4) is 0 Å². The molecule has 4 rings (SSSR count). The SMILES string of the molecule is CN(C)C(=O)c1ccc(Nc2ncc3cccc(OC4CCNCC4)c3n2)cc1F. The number of rotatable bonds is 5. The third-order valence-electron chi connectivity index (χ3n) is 5.02. The monoisotopic (exact) mass is 409 g/mol. The Labute approximate surface area is 174 Å². The molecule has 0 atom stereocenters. The summed E-state index contributed by atoms with van der Waals surface area (Å²) in [5.74, 6) is 0.0491. The number of para-hydroxylation sites is 1. The number of ether oxygens (including phenoxy) is 1. The Morgan fingerprint density at radius 3 is 2.77 bits per heavy atom. The maximum atomic E-state index is 14.4. The number of halogens is 1. The van der Waals surface area contributed by atoms with Crippen LogP contribution < -0.4 is 15.4 Å². The van der Waals surface area contributed by atoms with Crippen LogP contribution in [0.25, 0.3) is 10.9 Å². The lowest BCUT2D eigenvalue weighted by Crippen LogP contribution is -2.34. The first-order chi connectivity index (χ1) is 14.5. The molecule has 2 N–H and O–H groups in total. The summed E-state index contributed by atoms with van der Waals surface area (Å²) < 4.78 is 20.6. The average molecular weight is 409 g/mol. The fourth-order valence-corrected chi connectivity index (χ4v) is 3.41. The first-order valence-electron chi connectivity index (χ1n) is 9.92. The lowest BCUT2D eigenvalue weighted by atomic mass is 10.1. The van der Waals surface area contributed by atoms with Gasteiger partial charge in [-0.05, 0) is 50.2 Å². The number of carbonyl (C=O) groups excluding carboxylic acids is 1. The minimum absolute atomic E-state index is 0.0163. The molecule has 0 spiro atoms. The van der Waals surface area contributed by atoms with Crippen LogP contribution in [0, 0.1) is 5.82 Å². The molecule has 0 bridgehead atoms. The van der Waals surface area contributed by atoms with E-state index in [4.69, 9.17) is 4.74 Å². The molecule has 3 aromatic rings. The number of hydrogen-bond donors (Lipinski definition) is 2. The average Bonchev–Trinajstić information content (AvgIpc) is 2.74. The highest BCUT2D eigenvalue weighted by atomic mass is 19.1. The molecule has 1 saturated heterocycles. The molecule has 0 aliphatic carbocycles. The predicted molar refractivity (Wildman–Crippen MR) is 114 cm³/mol. The number of amides is 1. The van der Waals surface area contributed by atoms with E-state index in [-0.39, 0.29) is 17.6 Å². The molecule has 2 heterocycles. The molecule has 1 aliphatic heterocycles. The highest BCUT2D eigenvalue weighted by molar-refractivity contribution is 5.94. The molecule has 30 heavy (non-hydrogen) atoms. The molecule has 1 aliphatic rings. The molecular formula is C22H24FN5O2. The van der Waals surface area contributed by atoms with Gasteiger partial charge in [0.1, 0.15) is 23.2 Å². The van der Waals surface area contributed by atoms with Gasteiger partial charge >= 0.3 is 0 Å². The van der Waals surface area contributed by atoms with Crippen molar-refractivity contribution in [2.45, 2.75) is 18.9 Å². The van der Waals surface area contributed by atoms with E-state index in [2.05, 4.69) is 20.6 Å². The number of nitrogens with one attached hydrogen (secondary N) is 2. The number of piperidine rings is 1. The van der Waals surface area contributed by atoms with E-state index in [1.807, 2.05) is 18.2 Å². The minimum Gasteiger partial charge on any atom is -0.488 e. The van der Waals surface area contributed by atoms with E-state index in [1.54, 1.807) is 26.4 Å². The third kappa shape index (κ3) is 4.33. The summed E-state index contributed by atoms with van der Waals surface area (Å²) in [6.07, 6.45) is 3.76. The van der Waals surface area contributed by atoms with Gasteiger partial charge in [0.05, 0.1) is 5.56 Å². The van der Waals surface area contributed by atoms with Gasteiger partial charge in [-0.1, -0.05) is 12.1 Å². The smallest absolute Gasteiger partial charge is 0.256 e. The van der Waals surface area contributed by atoms with Gasteiger partial charge in [-0.2, -0.15) is 0 Å². The van der Waals surface area contributed by atoms with Crippen molar-refractivity contribution in [2.24, 2.45) is 0 Å². The molecule has 8 heteroatoms. The van der Waals surface area contributed by atoms with Crippen molar-refractivity contribution >= 4 is 28.4 Å². The van der Waals surface area contributed by atoms with Gasteiger partial charge in [0.15, 0.2) is 0 Å². The van der Waals surface area contributed by atoms with Gasteiger partial charge < -0.3 is 20.3 Å². The van der Waals surface area contributed by atoms with Crippen molar-refractivity contribution in [1.82, 2.24) is 20.2 Å². The van der Waals surface area contributed by atoms with Crippen molar-refractivity contribution in [3.63, 3.8) is 0 Å². The Morgan fingerprint density at radius 1 is 1.23 bits per heavy atom. The first kappa shape index (κ1) is 20.0. The van der Waals surface area contributed by atoms with E-state index in [9.17, 15) is 9.18 Å². The molecular weight excluding hydrogens is 385 g/mol. The van der Waals surface area contributed by atoms with Crippen molar-refractivity contribution < 1.29 is 13.9 Å². The number of aromatic nitrogens is 2. The molecule has 1 amide bonds. The fraction of sp³-hybridized carbons (Fsp3) is 0.318. The van der Waals surface area contributed by atoms with Gasteiger partial charge in [0.2, 0.25) is 5.95 Å². The van der Waals surface area contributed by atoms with Gasteiger partial charge in [0.25, 0.3) is 5.91 Å². The number of fused-ring (bicyclic) bond motifs is 1. The second kappa shape index (κ2) is 8.62. The zero-order valence-electron chi connectivity index (χ0n) is 17.0. The van der Waals surface area contributed by atoms with Crippen LogP contribution in [-0.2, 0) is 0 Å². The number of hydrogen-bond acceptors (Lipinski definition) is 6. The van der Waals surface area contributed by atoms with Gasteiger partial charge in [-0.3, -0.25) is 4.79 Å². The van der Waals surface area contributed by atoms with Gasteiger partial charge in [-0.25, -0.2) is 14.4 Å². The van der Waals surface area contributed by atoms with Crippen molar-refractivity contribution in [2.75, 3.05) is 32.5 Å². The molecule has 0 unspecified atom stereocenters. The highest BCUT2D eigenvalue weighted by Gasteiger charge is 2.17. The summed E-state index contributed by atoms with van der Waals surface area (Å²) in [5, 5.41) is 7.20. The molecule has 0 radical (unpaired) electrons. The first-order valence-corrected chi connectivity index (χ1v) is 9.92. The van der Waals surface area contributed by atoms with Crippen LogP contribution in [0.1, 0.15) is 23.2 Å². The number of nitrogens with zero attached hydrogens (tertiary/aromatic N) is 3. The van der Waals surface area contributed by atoms with Crippen LogP contribution in [0.15, 0.2) is 42.6 Å². The van der Waals surface area contributed by atoms with E-state index < -0.39 is 5.82 Å². The second-order valence-electron chi connectivity index (χ2n) is 7.47. The van der Waals surface area contributed by atoms with Crippen LogP contribution in [0.2, 0.25) is 0 Å². The Balaban J connectivity index is 1.58. The quantitative estimate of drug-likeness (QED) is 0.673. The zero-order valence-corrected chi connectivity index (χ0v) is 17.0. The van der Waals surface area contributed by atoms with E-state index in [0.29, 0.717) is 22.9 Å². The molecule has 7 nitrogen and oxygen atoms in total. The summed E-state index contributed by atoms with van der Waals surface area (Å²) in [7, 11) is 3.17. The number of carbonyl (C=O) groups is 1. The van der Waals surface area contributed by atoms with Crippen LogP contribution in [0.4, 0.5) is 16.0 Å². The fourth-order valence-electron chi connectivity index (χ4n) is 3.41. The topological polar surface area (TPSA) is 79.4 Å². The summed E-state index contributed by atoms with van der Waals surface area (Å²) in [6, 6.07) is 10.1. The van der Waals surface area contributed by atoms with Crippen molar-refractivity contribution in [1.29, 1.82) is 0 Å². The lowest BCUT2D eigenvalue weighted by Gasteiger charge is -2.24. The normalized spacial score (nSPS) is 14.5.